The topological polar surface area (TPSA) is 32.3 Å². The van der Waals surface area contributed by atoms with Gasteiger partial charge in [-0.3, -0.25) is 5.32 Å². The number of hydrogen-bond donors (Lipinski definition) is 2. The van der Waals surface area contributed by atoms with Gasteiger partial charge in [0.15, 0.2) is 0 Å². The molecule has 66 valence electrons. The number of rotatable bonds is 1. The molecule has 2 nitrogen and oxygen atoms in total. The normalized spacial score (nSPS) is 32.7. The van der Waals surface area contributed by atoms with E-state index in [0.717, 1.165) is 5.75 Å². The first kappa shape index (κ1) is 9.36. The molecule has 3 heteroatoms. The van der Waals surface area contributed by atoms with Crippen molar-refractivity contribution < 1.29 is 5.11 Å². The Morgan fingerprint density at radius 3 is 2.45 bits per heavy atom. The van der Waals surface area contributed by atoms with Crippen LogP contribution in [0.5, 0.6) is 0 Å². The molecule has 1 rings (SSSR count). The molecule has 0 aromatic heterocycles. The maximum absolute atomic E-state index is 8.87. The van der Waals surface area contributed by atoms with Crippen LogP contribution in [-0.4, -0.2) is 28.9 Å². The van der Waals surface area contributed by atoms with Gasteiger partial charge in [-0.15, -0.1) is 11.8 Å². The Hall–Kier alpha value is 0.270. The van der Waals surface area contributed by atoms with Crippen molar-refractivity contribution in [3.8, 4) is 0 Å². The third kappa shape index (κ3) is 2.36. The first-order chi connectivity index (χ1) is 5.04. The third-order valence-corrected chi connectivity index (χ3v) is 3.63. The van der Waals surface area contributed by atoms with Crippen molar-refractivity contribution in [1.29, 1.82) is 0 Å². The molecule has 1 aliphatic heterocycles. The molecule has 1 fully saturated rings. The summed E-state index contributed by atoms with van der Waals surface area (Å²) in [7, 11) is 0. The van der Waals surface area contributed by atoms with Gasteiger partial charge in [0.1, 0.15) is 0 Å². The van der Waals surface area contributed by atoms with E-state index in [9.17, 15) is 0 Å². The van der Waals surface area contributed by atoms with Crippen LogP contribution >= 0.6 is 11.8 Å². The summed E-state index contributed by atoms with van der Waals surface area (Å²) >= 11 is 1.91. The second-order valence-corrected chi connectivity index (χ2v) is 5.26. The maximum Gasteiger partial charge on any atom is 0.0593 e. The third-order valence-electron chi connectivity index (χ3n) is 1.86. The number of thioether (sulfide) groups is 1. The molecule has 0 radical (unpaired) electrons. The monoisotopic (exact) mass is 175 g/mol. The van der Waals surface area contributed by atoms with Gasteiger partial charge in [0.25, 0.3) is 0 Å². The van der Waals surface area contributed by atoms with Crippen LogP contribution in [-0.2, 0) is 0 Å². The summed E-state index contributed by atoms with van der Waals surface area (Å²) in [5.41, 5.74) is 0.300. The van der Waals surface area contributed by atoms with Crippen molar-refractivity contribution in [3.05, 3.63) is 0 Å². The summed E-state index contributed by atoms with van der Waals surface area (Å²) in [6.07, 6.45) is 0. The van der Waals surface area contributed by atoms with Crippen LogP contribution in [0.15, 0.2) is 0 Å². The standard InChI is InChI=1S/C8H17NOS/c1-8(2,3)7-9-6(4-10)5-11-7/h6-7,9-10H,4-5H2,1-3H3/t6-,7-/m1/s1. The molecule has 0 aromatic rings. The minimum absolute atomic E-state index is 0.263. The quantitative estimate of drug-likeness (QED) is 0.625. The van der Waals surface area contributed by atoms with E-state index in [-0.39, 0.29) is 6.61 Å². The van der Waals surface area contributed by atoms with E-state index < -0.39 is 0 Å². The average molecular weight is 175 g/mol. The fraction of sp³-hybridized carbons (Fsp3) is 1.00. The molecule has 0 aromatic carbocycles. The minimum atomic E-state index is 0.263. The SMILES string of the molecule is CC(C)(C)[C@@H]1N[C@H](CO)CS1. The van der Waals surface area contributed by atoms with E-state index in [4.69, 9.17) is 5.11 Å². The Morgan fingerprint density at radius 2 is 2.18 bits per heavy atom. The summed E-state index contributed by atoms with van der Waals surface area (Å²) in [5.74, 6) is 1.04. The van der Waals surface area contributed by atoms with Crippen molar-refractivity contribution in [3.63, 3.8) is 0 Å². The van der Waals surface area contributed by atoms with Gasteiger partial charge in [-0.25, -0.2) is 0 Å². The first-order valence-electron chi connectivity index (χ1n) is 4.02. The highest BCUT2D eigenvalue weighted by Crippen LogP contribution is 2.32. The van der Waals surface area contributed by atoms with Gasteiger partial charge in [0.2, 0.25) is 0 Å². The van der Waals surface area contributed by atoms with Gasteiger partial charge in [-0.05, 0) is 5.41 Å². The molecule has 0 aliphatic carbocycles. The lowest BCUT2D eigenvalue weighted by atomic mass is 9.96. The lowest BCUT2D eigenvalue weighted by Crippen LogP contribution is -2.39. The fourth-order valence-corrected chi connectivity index (χ4v) is 2.54. The Bertz CT molecular complexity index is 133. The smallest absolute Gasteiger partial charge is 0.0593 e. The zero-order valence-corrected chi connectivity index (χ0v) is 8.24. The zero-order chi connectivity index (χ0) is 8.48. The van der Waals surface area contributed by atoms with Gasteiger partial charge in [0, 0.05) is 11.8 Å². The Labute approximate surface area is 72.8 Å². The fourth-order valence-electron chi connectivity index (χ4n) is 1.13. The molecule has 0 spiro atoms. The highest BCUT2D eigenvalue weighted by molar-refractivity contribution is 8.00. The molecular weight excluding hydrogens is 158 g/mol. The molecule has 1 saturated heterocycles. The van der Waals surface area contributed by atoms with Crippen LogP contribution in [0.1, 0.15) is 20.8 Å². The lowest BCUT2D eigenvalue weighted by molar-refractivity contribution is 0.240. The van der Waals surface area contributed by atoms with Gasteiger partial charge >= 0.3 is 0 Å². The largest absolute Gasteiger partial charge is 0.395 e. The number of hydrogen-bond acceptors (Lipinski definition) is 3. The van der Waals surface area contributed by atoms with Crippen molar-refractivity contribution in [2.45, 2.75) is 32.2 Å². The maximum atomic E-state index is 8.87. The Balaban J connectivity index is 2.42. The van der Waals surface area contributed by atoms with Gasteiger partial charge in [-0.1, -0.05) is 20.8 Å². The molecule has 2 atom stereocenters. The van der Waals surface area contributed by atoms with Gasteiger partial charge in [-0.2, -0.15) is 0 Å². The van der Waals surface area contributed by atoms with Crippen molar-refractivity contribution in [2.24, 2.45) is 5.41 Å². The molecule has 0 bridgehead atoms. The Morgan fingerprint density at radius 1 is 1.55 bits per heavy atom. The van der Waals surface area contributed by atoms with Crippen molar-refractivity contribution in [1.82, 2.24) is 5.32 Å². The van der Waals surface area contributed by atoms with Gasteiger partial charge < -0.3 is 5.11 Å². The van der Waals surface area contributed by atoms with E-state index in [1.807, 2.05) is 11.8 Å². The number of aliphatic hydroxyl groups is 1. The highest BCUT2D eigenvalue weighted by atomic mass is 32.2. The summed E-state index contributed by atoms with van der Waals surface area (Å²) in [6, 6.07) is 0.309. The summed E-state index contributed by atoms with van der Waals surface area (Å²) < 4.78 is 0. The van der Waals surface area contributed by atoms with E-state index >= 15 is 0 Å². The zero-order valence-electron chi connectivity index (χ0n) is 7.42. The van der Waals surface area contributed by atoms with E-state index in [1.165, 1.54) is 0 Å². The van der Waals surface area contributed by atoms with E-state index in [0.29, 0.717) is 16.8 Å². The summed E-state index contributed by atoms with van der Waals surface area (Å²) in [4.78, 5) is 0. The highest BCUT2D eigenvalue weighted by Gasteiger charge is 2.32. The second-order valence-electron chi connectivity index (χ2n) is 4.13. The van der Waals surface area contributed by atoms with Crippen molar-refractivity contribution >= 4 is 11.8 Å². The lowest BCUT2D eigenvalue weighted by Gasteiger charge is -2.26. The molecular formula is C8H17NOS. The van der Waals surface area contributed by atoms with Gasteiger partial charge in [0.05, 0.1) is 12.0 Å². The Kier molecular flexibility index (Phi) is 2.84. The number of aliphatic hydroxyl groups excluding tert-OH is 1. The predicted octanol–water partition coefficient (Wildman–Crippen LogP) is 1.06. The first-order valence-corrected chi connectivity index (χ1v) is 5.07. The molecule has 0 unspecified atom stereocenters. The predicted molar refractivity (Wildman–Crippen MR) is 49.7 cm³/mol. The summed E-state index contributed by atoms with van der Waals surface area (Å²) in [5, 5.41) is 12.8. The van der Waals surface area contributed by atoms with Crippen LogP contribution in [0.25, 0.3) is 0 Å². The van der Waals surface area contributed by atoms with Crippen LogP contribution < -0.4 is 5.32 Å². The number of nitrogens with one attached hydrogen (secondary N) is 1. The van der Waals surface area contributed by atoms with Crippen LogP contribution in [0.2, 0.25) is 0 Å². The van der Waals surface area contributed by atoms with E-state index in [2.05, 4.69) is 26.1 Å². The minimum Gasteiger partial charge on any atom is -0.395 e. The van der Waals surface area contributed by atoms with Crippen LogP contribution in [0.3, 0.4) is 0 Å². The molecule has 1 heterocycles. The van der Waals surface area contributed by atoms with E-state index in [1.54, 1.807) is 0 Å². The molecule has 2 N–H and O–H groups in total. The van der Waals surface area contributed by atoms with Crippen molar-refractivity contribution in [2.75, 3.05) is 12.4 Å². The average Bonchev–Trinajstić information content (AvgIpc) is 2.32. The molecule has 1 aliphatic rings. The van der Waals surface area contributed by atoms with Crippen LogP contribution in [0, 0.1) is 5.41 Å². The second kappa shape index (κ2) is 3.33. The molecule has 11 heavy (non-hydrogen) atoms. The van der Waals surface area contributed by atoms with Crippen LogP contribution in [0.4, 0.5) is 0 Å². The summed E-state index contributed by atoms with van der Waals surface area (Å²) in [6.45, 7) is 6.92. The molecule has 0 saturated carbocycles. The molecule has 0 amide bonds.